The van der Waals surface area contributed by atoms with Crippen LogP contribution < -0.4 is 4.90 Å². The highest BCUT2D eigenvalue weighted by Crippen LogP contribution is 2.49. The molecule has 2 fully saturated rings. The highest BCUT2D eigenvalue weighted by molar-refractivity contribution is 7.99. The Balaban J connectivity index is 1.22. The molecule has 9 heteroatoms. The van der Waals surface area contributed by atoms with E-state index in [1.807, 2.05) is 44.2 Å². The van der Waals surface area contributed by atoms with Crippen LogP contribution in [0, 0.1) is 0 Å². The van der Waals surface area contributed by atoms with Gasteiger partial charge in [0, 0.05) is 49.1 Å². The second kappa shape index (κ2) is 10.5. The molecule has 2 aromatic rings. The van der Waals surface area contributed by atoms with Crippen LogP contribution in [0.25, 0.3) is 0 Å². The fraction of sp³-hybridized carbons (Fsp3) is 0.556. The van der Waals surface area contributed by atoms with E-state index in [0.717, 1.165) is 53.9 Å². The highest BCUT2D eigenvalue weighted by Gasteiger charge is 2.34. The van der Waals surface area contributed by atoms with E-state index in [-0.39, 0.29) is 6.10 Å². The number of halogens is 1. The van der Waals surface area contributed by atoms with E-state index in [0.29, 0.717) is 25.3 Å². The third-order valence-electron chi connectivity index (χ3n) is 7.05. The van der Waals surface area contributed by atoms with Gasteiger partial charge in [-0.15, -0.1) is 0 Å². The lowest BCUT2D eigenvalue weighted by Crippen LogP contribution is -2.51. The standard InChI is InChI=1S/C27H37FN3O3PS/c1-26(2)33-18-21(34-26)17-30-12-10-29(11-13-30)15-20(32)16-31-22-6-4-5-7-24(22)36-25-9-8-19(14-23(25)31)27(3,28)35/h4-9,14,20-21,32H,10-13,15-18,35H2,1-3H3/t20?,21-,27?/m0/s1. The largest absolute Gasteiger partial charge is 0.390 e. The normalized spacial score (nSPS) is 24.7. The lowest BCUT2D eigenvalue weighted by Gasteiger charge is -2.38. The van der Waals surface area contributed by atoms with Gasteiger partial charge < -0.3 is 19.5 Å². The Hall–Kier alpha value is -1.25. The van der Waals surface area contributed by atoms with Gasteiger partial charge in [-0.05, 0) is 50.6 Å². The zero-order valence-electron chi connectivity index (χ0n) is 21.3. The van der Waals surface area contributed by atoms with Crippen LogP contribution in [0.3, 0.4) is 0 Å². The lowest BCUT2D eigenvalue weighted by molar-refractivity contribution is -0.140. The summed E-state index contributed by atoms with van der Waals surface area (Å²) in [6.45, 7) is 11.8. The van der Waals surface area contributed by atoms with Crippen molar-refractivity contribution in [2.45, 2.75) is 54.0 Å². The van der Waals surface area contributed by atoms with E-state index >= 15 is 0 Å². The van der Waals surface area contributed by atoms with Crippen LogP contribution in [0.15, 0.2) is 52.3 Å². The molecule has 0 aliphatic carbocycles. The Bertz CT molecular complexity index is 1070. The number of hydrogen-bond acceptors (Lipinski definition) is 7. The molecule has 0 radical (unpaired) electrons. The molecule has 0 spiro atoms. The monoisotopic (exact) mass is 533 g/mol. The van der Waals surface area contributed by atoms with Crippen molar-refractivity contribution in [3.8, 4) is 0 Å². The number of hydrogen-bond donors (Lipinski definition) is 1. The van der Waals surface area contributed by atoms with Crippen molar-refractivity contribution in [2.75, 3.05) is 57.3 Å². The minimum Gasteiger partial charge on any atom is -0.390 e. The van der Waals surface area contributed by atoms with Crippen molar-refractivity contribution in [1.29, 1.82) is 0 Å². The number of nitrogens with zero attached hydrogens (tertiary/aromatic N) is 3. The van der Waals surface area contributed by atoms with E-state index < -0.39 is 17.3 Å². The van der Waals surface area contributed by atoms with E-state index in [1.165, 1.54) is 0 Å². The van der Waals surface area contributed by atoms with Crippen LogP contribution in [0.2, 0.25) is 0 Å². The predicted octanol–water partition coefficient (Wildman–Crippen LogP) is 4.44. The summed E-state index contributed by atoms with van der Waals surface area (Å²) in [6.07, 6.45) is -0.420. The number of rotatable bonds is 7. The summed E-state index contributed by atoms with van der Waals surface area (Å²) in [5.41, 5.74) is 2.62. The van der Waals surface area contributed by atoms with Gasteiger partial charge >= 0.3 is 0 Å². The SMILES string of the molecule is CC1(C)OC[C@H](CN2CCN(CC(O)CN3c4ccccc4Sc4ccc(C(C)(F)P)cc43)CC2)O1. The van der Waals surface area contributed by atoms with Gasteiger partial charge in [0.2, 0.25) is 0 Å². The van der Waals surface area contributed by atoms with Crippen molar-refractivity contribution in [1.82, 2.24) is 9.80 Å². The quantitative estimate of drug-likeness (QED) is 0.529. The van der Waals surface area contributed by atoms with Crippen molar-refractivity contribution in [2.24, 2.45) is 0 Å². The molecule has 0 aromatic heterocycles. The Morgan fingerprint density at radius 1 is 1.08 bits per heavy atom. The summed E-state index contributed by atoms with van der Waals surface area (Å²) in [5.74, 6) is -0.486. The molecule has 4 atom stereocenters. The van der Waals surface area contributed by atoms with Crippen molar-refractivity contribution in [3.63, 3.8) is 0 Å². The first-order valence-electron chi connectivity index (χ1n) is 12.7. The number of alkyl halides is 1. The van der Waals surface area contributed by atoms with Crippen LogP contribution in [-0.2, 0) is 14.9 Å². The number of aliphatic hydroxyl groups is 1. The molecule has 36 heavy (non-hydrogen) atoms. The summed E-state index contributed by atoms with van der Waals surface area (Å²) >= 11 is 1.69. The molecule has 3 heterocycles. The Kier molecular flexibility index (Phi) is 7.68. The van der Waals surface area contributed by atoms with Gasteiger partial charge in [0.1, 0.15) is 5.41 Å². The molecule has 6 nitrogen and oxygen atoms in total. The summed E-state index contributed by atoms with van der Waals surface area (Å²) in [7, 11) is 2.28. The highest BCUT2D eigenvalue weighted by atomic mass is 32.2. The molecular weight excluding hydrogens is 496 g/mol. The second-order valence-electron chi connectivity index (χ2n) is 10.6. The summed E-state index contributed by atoms with van der Waals surface area (Å²) < 4.78 is 26.4. The number of para-hydroxylation sites is 1. The summed E-state index contributed by atoms with van der Waals surface area (Å²) in [4.78, 5) is 9.13. The number of fused-ring (bicyclic) bond motifs is 2. The molecule has 5 rings (SSSR count). The van der Waals surface area contributed by atoms with Crippen molar-refractivity contribution < 1.29 is 19.0 Å². The molecule has 3 aliphatic heterocycles. The lowest BCUT2D eigenvalue weighted by atomic mass is 10.1. The zero-order valence-corrected chi connectivity index (χ0v) is 23.3. The topological polar surface area (TPSA) is 48.4 Å². The van der Waals surface area contributed by atoms with Gasteiger partial charge in [-0.2, -0.15) is 0 Å². The molecule has 1 N–H and O–H groups in total. The van der Waals surface area contributed by atoms with Crippen LogP contribution in [-0.4, -0.2) is 85.3 Å². The maximum atomic E-state index is 14.7. The minimum absolute atomic E-state index is 0.117. The average Bonchev–Trinajstić information content (AvgIpc) is 3.17. The van der Waals surface area contributed by atoms with Gasteiger partial charge in [0.15, 0.2) is 5.79 Å². The van der Waals surface area contributed by atoms with E-state index in [4.69, 9.17) is 9.47 Å². The first-order chi connectivity index (χ1) is 17.1. The zero-order chi connectivity index (χ0) is 25.5. The molecule has 196 valence electrons. The maximum Gasteiger partial charge on any atom is 0.163 e. The molecular formula is C27H37FN3O3PS. The van der Waals surface area contributed by atoms with Crippen molar-refractivity contribution >= 4 is 32.4 Å². The van der Waals surface area contributed by atoms with Gasteiger partial charge in [-0.3, -0.25) is 9.80 Å². The predicted molar refractivity (Wildman–Crippen MR) is 146 cm³/mol. The number of β-amino-alcohol motifs (C(OH)–C–C–N with tert-alkyl or cyclic N) is 1. The summed E-state index contributed by atoms with van der Waals surface area (Å²) in [6, 6.07) is 14.0. The van der Waals surface area contributed by atoms with E-state index in [1.54, 1.807) is 18.7 Å². The molecule has 0 amide bonds. The molecule has 3 aliphatic rings. The molecule has 0 bridgehead atoms. The van der Waals surface area contributed by atoms with Crippen LogP contribution in [0.1, 0.15) is 26.3 Å². The fourth-order valence-corrected chi connectivity index (χ4v) is 6.45. The second-order valence-corrected chi connectivity index (χ2v) is 12.8. The molecule has 0 saturated carbocycles. The van der Waals surface area contributed by atoms with Gasteiger partial charge in [-0.25, -0.2) is 4.39 Å². The van der Waals surface area contributed by atoms with Gasteiger partial charge in [0.05, 0.1) is 36.7 Å². The smallest absolute Gasteiger partial charge is 0.163 e. The first kappa shape index (κ1) is 26.4. The van der Waals surface area contributed by atoms with Crippen LogP contribution in [0.4, 0.5) is 15.8 Å². The summed E-state index contributed by atoms with van der Waals surface area (Å²) in [5, 5.41) is 9.66. The number of ether oxygens (including phenoxy) is 2. The van der Waals surface area contributed by atoms with Gasteiger partial charge in [0.25, 0.3) is 0 Å². The molecule has 2 saturated heterocycles. The van der Waals surface area contributed by atoms with Crippen LogP contribution >= 0.6 is 21.0 Å². The van der Waals surface area contributed by atoms with Crippen LogP contribution in [0.5, 0.6) is 0 Å². The number of aliphatic hydroxyl groups excluding tert-OH is 1. The van der Waals surface area contributed by atoms with Gasteiger partial charge in [-0.1, -0.05) is 39.2 Å². The Morgan fingerprint density at radius 3 is 2.47 bits per heavy atom. The Labute approximate surface area is 220 Å². The first-order valence-corrected chi connectivity index (χ1v) is 14.1. The third-order valence-corrected chi connectivity index (χ3v) is 8.51. The van der Waals surface area contributed by atoms with E-state index in [9.17, 15) is 9.50 Å². The van der Waals surface area contributed by atoms with Crippen molar-refractivity contribution in [3.05, 3.63) is 48.0 Å². The number of anilines is 2. The maximum absolute atomic E-state index is 14.7. The molecule has 2 aromatic carbocycles. The fourth-order valence-electron chi connectivity index (χ4n) is 5.19. The number of benzene rings is 2. The number of piperazine rings is 1. The molecule has 3 unspecified atom stereocenters. The minimum atomic E-state index is -1.51. The third kappa shape index (κ3) is 6.07. The Morgan fingerprint density at radius 2 is 1.78 bits per heavy atom. The van der Waals surface area contributed by atoms with E-state index in [2.05, 4.69) is 36.1 Å². The average molecular weight is 534 g/mol.